The van der Waals surface area contributed by atoms with Gasteiger partial charge >= 0.3 is 6.09 Å². The van der Waals surface area contributed by atoms with Gasteiger partial charge in [0.15, 0.2) is 6.61 Å². The molecule has 0 spiro atoms. The maximum atomic E-state index is 13.8. The lowest BCUT2D eigenvalue weighted by Crippen LogP contribution is -2.27. The number of benzene rings is 2. The molecule has 10 heteroatoms. The summed E-state index contributed by atoms with van der Waals surface area (Å²) in [6.45, 7) is 6.95. The van der Waals surface area contributed by atoms with Crippen LogP contribution in [0.15, 0.2) is 47.0 Å². The quantitative estimate of drug-likeness (QED) is 0.569. The fourth-order valence-corrected chi connectivity index (χ4v) is 2.59. The van der Waals surface area contributed by atoms with Crippen LogP contribution in [-0.2, 0) is 11.3 Å². The molecule has 0 fully saturated rings. The lowest BCUT2D eigenvalue weighted by Gasteiger charge is -2.20. The first-order valence-electron chi connectivity index (χ1n) is 9.72. The highest BCUT2D eigenvalue weighted by molar-refractivity contribution is 6.06. The summed E-state index contributed by atoms with van der Waals surface area (Å²) in [5.41, 5.74) is -0.113. The highest BCUT2D eigenvalue weighted by Gasteiger charge is 2.18. The number of aromatic nitrogens is 2. The van der Waals surface area contributed by atoms with Gasteiger partial charge in [-0.15, -0.1) is 0 Å². The molecule has 2 N–H and O–H groups in total. The molecule has 2 aromatic carbocycles. The maximum Gasteiger partial charge on any atom is 0.412 e. The van der Waals surface area contributed by atoms with Gasteiger partial charge in [0, 0.05) is 12.5 Å². The average Bonchev–Trinajstić information content (AvgIpc) is 3.12. The Labute approximate surface area is 183 Å². The first-order chi connectivity index (χ1) is 15.1. The molecule has 168 valence electrons. The average molecular weight is 442 g/mol. The monoisotopic (exact) mass is 442 g/mol. The standard InChI is InChI=1S/C22H23FN4O5/c1-13-24-19(27-32-13)12-30-16-8-5-14(6-9-16)20(28)25-18-11-15(23)7-10-17(18)26-21(29)31-22(2,3)4/h5-11H,12H2,1-4H3,(H,25,28)(H,26,29). The van der Waals surface area contributed by atoms with Crippen LogP contribution in [0.2, 0.25) is 0 Å². The second-order valence-electron chi connectivity index (χ2n) is 7.81. The van der Waals surface area contributed by atoms with Crippen molar-refractivity contribution < 1.29 is 28.0 Å². The molecule has 0 saturated carbocycles. The van der Waals surface area contributed by atoms with Crippen LogP contribution in [-0.4, -0.2) is 27.7 Å². The van der Waals surface area contributed by atoms with Gasteiger partial charge in [0.25, 0.3) is 5.91 Å². The van der Waals surface area contributed by atoms with Gasteiger partial charge in [-0.25, -0.2) is 9.18 Å². The van der Waals surface area contributed by atoms with E-state index in [0.29, 0.717) is 23.0 Å². The third-order valence-corrected chi connectivity index (χ3v) is 3.92. The van der Waals surface area contributed by atoms with E-state index in [0.717, 1.165) is 6.07 Å². The lowest BCUT2D eigenvalue weighted by atomic mass is 10.2. The van der Waals surface area contributed by atoms with E-state index < -0.39 is 23.4 Å². The van der Waals surface area contributed by atoms with Crippen molar-refractivity contribution >= 4 is 23.4 Å². The van der Waals surface area contributed by atoms with Gasteiger partial charge in [0.1, 0.15) is 17.2 Å². The number of nitrogens with one attached hydrogen (secondary N) is 2. The summed E-state index contributed by atoms with van der Waals surface area (Å²) in [4.78, 5) is 28.7. The fraction of sp³-hybridized carbons (Fsp3) is 0.273. The Morgan fingerprint density at radius 3 is 2.41 bits per heavy atom. The van der Waals surface area contributed by atoms with Crippen molar-refractivity contribution in [1.29, 1.82) is 0 Å². The number of nitrogens with zero attached hydrogens (tertiary/aromatic N) is 2. The van der Waals surface area contributed by atoms with Crippen molar-refractivity contribution in [3.05, 3.63) is 65.6 Å². The number of carbonyl (C=O) groups is 2. The molecular weight excluding hydrogens is 419 g/mol. The van der Waals surface area contributed by atoms with Crippen LogP contribution in [0.1, 0.15) is 42.8 Å². The van der Waals surface area contributed by atoms with Gasteiger partial charge < -0.3 is 19.3 Å². The Hall–Kier alpha value is -3.95. The first-order valence-corrected chi connectivity index (χ1v) is 9.72. The van der Waals surface area contributed by atoms with Gasteiger partial charge in [-0.2, -0.15) is 4.98 Å². The zero-order valence-corrected chi connectivity index (χ0v) is 18.1. The van der Waals surface area contributed by atoms with Crippen LogP contribution < -0.4 is 15.4 Å². The molecule has 0 radical (unpaired) electrons. The third kappa shape index (κ3) is 6.53. The van der Waals surface area contributed by atoms with Crippen molar-refractivity contribution in [3.63, 3.8) is 0 Å². The molecular formula is C22H23FN4O5. The Kier molecular flexibility index (Phi) is 6.72. The van der Waals surface area contributed by atoms with E-state index in [2.05, 4.69) is 20.8 Å². The molecule has 0 aliphatic heterocycles. The van der Waals surface area contributed by atoms with Crippen molar-refractivity contribution in [2.75, 3.05) is 10.6 Å². The van der Waals surface area contributed by atoms with E-state index in [9.17, 15) is 14.0 Å². The first kappa shape index (κ1) is 22.7. The number of rotatable bonds is 6. The predicted octanol–water partition coefficient (Wildman–Crippen LogP) is 4.70. The topological polar surface area (TPSA) is 116 Å². The predicted molar refractivity (Wildman–Crippen MR) is 114 cm³/mol. The minimum absolute atomic E-state index is 0.0914. The molecule has 32 heavy (non-hydrogen) atoms. The highest BCUT2D eigenvalue weighted by Crippen LogP contribution is 2.25. The Balaban J connectivity index is 1.65. The summed E-state index contributed by atoms with van der Waals surface area (Å²) in [5, 5.41) is 8.84. The summed E-state index contributed by atoms with van der Waals surface area (Å²) in [6, 6.07) is 9.92. The summed E-state index contributed by atoms with van der Waals surface area (Å²) >= 11 is 0. The molecule has 0 atom stereocenters. The van der Waals surface area contributed by atoms with Gasteiger partial charge in [0.05, 0.1) is 11.4 Å². The van der Waals surface area contributed by atoms with Gasteiger partial charge in [0.2, 0.25) is 11.7 Å². The van der Waals surface area contributed by atoms with Crippen LogP contribution in [0.4, 0.5) is 20.6 Å². The van der Waals surface area contributed by atoms with E-state index in [1.807, 2.05) is 0 Å². The third-order valence-electron chi connectivity index (χ3n) is 3.92. The SMILES string of the molecule is Cc1nc(COc2ccc(C(=O)Nc3cc(F)ccc3NC(=O)OC(C)(C)C)cc2)no1. The molecule has 0 unspecified atom stereocenters. The Morgan fingerprint density at radius 2 is 1.78 bits per heavy atom. The second kappa shape index (κ2) is 9.46. The van der Waals surface area contributed by atoms with Crippen LogP contribution in [0, 0.1) is 12.7 Å². The number of carbonyl (C=O) groups excluding carboxylic acids is 2. The zero-order chi connectivity index (χ0) is 23.3. The molecule has 3 aromatic rings. The largest absolute Gasteiger partial charge is 0.485 e. The number of amides is 2. The van der Waals surface area contributed by atoms with Crippen molar-refractivity contribution in [2.24, 2.45) is 0 Å². The zero-order valence-electron chi connectivity index (χ0n) is 18.1. The summed E-state index contributed by atoms with van der Waals surface area (Å²) < 4.78 is 29.4. The number of ether oxygens (including phenoxy) is 2. The van der Waals surface area contributed by atoms with E-state index in [1.54, 1.807) is 52.0 Å². The minimum Gasteiger partial charge on any atom is -0.485 e. The number of anilines is 2. The molecule has 0 aliphatic carbocycles. The van der Waals surface area contributed by atoms with Crippen LogP contribution in [0.5, 0.6) is 5.75 Å². The number of hydrogen-bond acceptors (Lipinski definition) is 7. The van der Waals surface area contributed by atoms with E-state index in [4.69, 9.17) is 14.0 Å². The highest BCUT2D eigenvalue weighted by atomic mass is 19.1. The molecule has 0 aliphatic rings. The summed E-state index contributed by atoms with van der Waals surface area (Å²) in [5.74, 6) is 0.273. The maximum absolute atomic E-state index is 13.8. The van der Waals surface area contributed by atoms with E-state index in [1.165, 1.54) is 12.1 Å². The van der Waals surface area contributed by atoms with Crippen LogP contribution in [0.25, 0.3) is 0 Å². The number of halogens is 1. The summed E-state index contributed by atoms with van der Waals surface area (Å²) in [7, 11) is 0. The smallest absolute Gasteiger partial charge is 0.412 e. The van der Waals surface area contributed by atoms with Crippen molar-refractivity contribution in [3.8, 4) is 5.75 Å². The van der Waals surface area contributed by atoms with E-state index >= 15 is 0 Å². The number of hydrogen-bond donors (Lipinski definition) is 2. The molecule has 2 amide bonds. The summed E-state index contributed by atoms with van der Waals surface area (Å²) in [6.07, 6.45) is -0.724. The van der Waals surface area contributed by atoms with Gasteiger partial charge in [-0.3, -0.25) is 10.1 Å². The Morgan fingerprint density at radius 1 is 1.06 bits per heavy atom. The normalized spacial score (nSPS) is 11.0. The van der Waals surface area contributed by atoms with Gasteiger partial charge in [-0.05, 0) is 63.2 Å². The minimum atomic E-state index is -0.724. The molecule has 0 saturated heterocycles. The lowest BCUT2D eigenvalue weighted by molar-refractivity contribution is 0.0635. The second-order valence-corrected chi connectivity index (χ2v) is 7.81. The molecule has 3 rings (SSSR count). The number of aryl methyl sites for hydroxylation is 1. The van der Waals surface area contributed by atoms with Crippen LogP contribution in [0.3, 0.4) is 0 Å². The fourth-order valence-electron chi connectivity index (χ4n) is 2.59. The molecule has 0 bridgehead atoms. The van der Waals surface area contributed by atoms with Gasteiger partial charge in [-0.1, -0.05) is 5.16 Å². The molecule has 9 nitrogen and oxygen atoms in total. The molecule has 1 aromatic heterocycles. The van der Waals surface area contributed by atoms with Crippen LogP contribution >= 0.6 is 0 Å². The van der Waals surface area contributed by atoms with E-state index in [-0.39, 0.29) is 18.0 Å². The van der Waals surface area contributed by atoms with Crippen molar-refractivity contribution in [2.45, 2.75) is 39.9 Å². The van der Waals surface area contributed by atoms with Crippen molar-refractivity contribution in [1.82, 2.24) is 10.1 Å². The Bertz CT molecular complexity index is 1110. The molecule has 1 heterocycles.